The zero-order valence-electron chi connectivity index (χ0n) is 7.60. The van der Waals surface area contributed by atoms with E-state index in [0.29, 0.717) is 6.54 Å². The summed E-state index contributed by atoms with van der Waals surface area (Å²) in [4.78, 5) is 3.97. The van der Waals surface area contributed by atoms with E-state index in [4.69, 9.17) is 4.42 Å². The van der Waals surface area contributed by atoms with Crippen LogP contribution in [0.1, 0.15) is 5.76 Å². The Morgan fingerprint density at radius 2 is 2.38 bits per heavy atom. The summed E-state index contributed by atoms with van der Waals surface area (Å²) < 4.78 is 6.03. The highest BCUT2D eigenvalue weighted by atomic mass is 79.9. The van der Waals surface area contributed by atoms with Crippen molar-refractivity contribution in [1.29, 1.82) is 0 Å². The minimum atomic E-state index is 0.624. The van der Waals surface area contributed by atoms with Gasteiger partial charge in [-0.15, -0.1) is 0 Å². The van der Waals surface area contributed by atoms with Gasteiger partial charge in [-0.3, -0.25) is 4.99 Å². The molecule has 0 aromatic carbocycles. The zero-order chi connectivity index (χ0) is 9.68. The van der Waals surface area contributed by atoms with Crippen LogP contribution in [-0.4, -0.2) is 20.1 Å². The number of rotatable bonds is 2. The molecule has 0 atom stereocenters. The third-order valence-corrected chi connectivity index (χ3v) is 1.95. The van der Waals surface area contributed by atoms with Crippen molar-refractivity contribution < 1.29 is 4.42 Å². The van der Waals surface area contributed by atoms with Crippen LogP contribution in [0.2, 0.25) is 0 Å². The average molecular weight is 246 g/mol. The summed E-state index contributed by atoms with van der Waals surface area (Å²) in [7, 11) is 3.53. The second-order valence-corrected chi connectivity index (χ2v) is 3.16. The van der Waals surface area contributed by atoms with Gasteiger partial charge in [0.1, 0.15) is 5.76 Å². The molecule has 0 aliphatic carbocycles. The largest absolute Gasteiger partial charge is 0.452 e. The van der Waals surface area contributed by atoms with Gasteiger partial charge in [0.05, 0.1) is 6.54 Å². The zero-order valence-corrected chi connectivity index (χ0v) is 9.18. The van der Waals surface area contributed by atoms with Crippen molar-refractivity contribution in [2.24, 2.45) is 4.99 Å². The quantitative estimate of drug-likeness (QED) is 0.611. The van der Waals surface area contributed by atoms with Gasteiger partial charge >= 0.3 is 0 Å². The molecule has 2 N–H and O–H groups in total. The highest BCUT2D eigenvalue weighted by molar-refractivity contribution is 9.10. The molecule has 0 bridgehead atoms. The topological polar surface area (TPSA) is 49.6 Å². The maximum absolute atomic E-state index is 5.29. The van der Waals surface area contributed by atoms with Gasteiger partial charge in [-0.05, 0) is 28.1 Å². The third kappa shape index (κ3) is 3.10. The minimum Gasteiger partial charge on any atom is -0.452 e. The Bertz CT molecular complexity index is 295. The van der Waals surface area contributed by atoms with Crippen LogP contribution in [0.4, 0.5) is 0 Å². The van der Waals surface area contributed by atoms with E-state index in [2.05, 4.69) is 31.6 Å². The number of nitrogens with one attached hydrogen (secondary N) is 2. The second-order valence-electron chi connectivity index (χ2n) is 2.38. The van der Waals surface area contributed by atoms with Gasteiger partial charge in [0.2, 0.25) is 0 Å². The first-order valence-corrected chi connectivity index (χ1v) is 4.68. The molecule has 13 heavy (non-hydrogen) atoms. The SMILES string of the molecule is CN=C(NC)NCc1ccc(Br)o1. The summed E-state index contributed by atoms with van der Waals surface area (Å²) in [6, 6.07) is 3.76. The molecule has 0 radical (unpaired) electrons. The Morgan fingerprint density at radius 1 is 1.62 bits per heavy atom. The molecule has 0 aliphatic rings. The van der Waals surface area contributed by atoms with E-state index in [1.807, 2.05) is 19.2 Å². The van der Waals surface area contributed by atoms with E-state index >= 15 is 0 Å². The van der Waals surface area contributed by atoms with Crippen molar-refractivity contribution in [3.05, 3.63) is 22.6 Å². The maximum Gasteiger partial charge on any atom is 0.191 e. The van der Waals surface area contributed by atoms with Crippen LogP contribution in [-0.2, 0) is 6.54 Å². The molecule has 0 unspecified atom stereocenters. The molecule has 0 saturated heterocycles. The van der Waals surface area contributed by atoms with Gasteiger partial charge in [0, 0.05) is 14.1 Å². The molecule has 72 valence electrons. The van der Waals surface area contributed by atoms with Crippen molar-refractivity contribution in [2.45, 2.75) is 6.54 Å². The Hall–Kier alpha value is -0.970. The molecule has 0 amide bonds. The van der Waals surface area contributed by atoms with Crippen molar-refractivity contribution in [3.63, 3.8) is 0 Å². The molecule has 1 rings (SSSR count). The predicted molar refractivity (Wildman–Crippen MR) is 55.7 cm³/mol. The fourth-order valence-electron chi connectivity index (χ4n) is 0.897. The Labute approximate surface area is 85.5 Å². The second kappa shape index (κ2) is 4.91. The van der Waals surface area contributed by atoms with Crippen LogP contribution >= 0.6 is 15.9 Å². The molecule has 4 nitrogen and oxygen atoms in total. The summed E-state index contributed by atoms with van der Waals surface area (Å²) in [5, 5.41) is 5.99. The number of halogens is 1. The van der Waals surface area contributed by atoms with E-state index in [0.717, 1.165) is 16.4 Å². The molecule has 1 heterocycles. The smallest absolute Gasteiger partial charge is 0.191 e. The normalized spacial score (nSPS) is 11.5. The average Bonchev–Trinajstić information content (AvgIpc) is 2.53. The number of guanidine groups is 1. The van der Waals surface area contributed by atoms with Crippen LogP contribution < -0.4 is 10.6 Å². The van der Waals surface area contributed by atoms with E-state index in [-0.39, 0.29) is 0 Å². The van der Waals surface area contributed by atoms with Crippen LogP contribution in [0.3, 0.4) is 0 Å². The fourth-order valence-corrected chi connectivity index (χ4v) is 1.24. The van der Waals surface area contributed by atoms with Gasteiger partial charge in [0.15, 0.2) is 10.6 Å². The Balaban J connectivity index is 2.43. The van der Waals surface area contributed by atoms with Crippen LogP contribution in [0.5, 0.6) is 0 Å². The van der Waals surface area contributed by atoms with E-state index in [9.17, 15) is 0 Å². The van der Waals surface area contributed by atoms with Gasteiger partial charge in [-0.2, -0.15) is 0 Å². The number of furan rings is 1. The van der Waals surface area contributed by atoms with Gasteiger partial charge < -0.3 is 15.1 Å². The van der Waals surface area contributed by atoms with Crippen molar-refractivity contribution in [3.8, 4) is 0 Å². The first-order chi connectivity index (χ1) is 6.26. The van der Waals surface area contributed by atoms with E-state index in [1.54, 1.807) is 7.05 Å². The third-order valence-electron chi connectivity index (χ3n) is 1.52. The van der Waals surface area contributed by atoms with Crippen molar-refractivity contribution in [2.75, 3.05) is 14.1 Å². The molecule has 1 aromatic rings. The van der Waals surface area contributed by atoms with Crippen molar-refractivity contribution >= 4 is 21.9 Å². The molecule has 0 fully saturated rings. The summed E-state index contributed by atoms with van der Waals surface area (Å²) in [5.41, 5.74) is 0. The lowest BCUT2D eigenvalue weighted by Gasteiger charge is -2.05. The van der Waals surface area contributed by atoms with E-state index < -0.39 is 0 Å². The summed E-state index contributed by atoms with van der Waals surface area (Å²) in [6.07, 6.45) is 0. The van der Waals surface area contributed by atoms with Crippen LogP contribution in [0.25, 0.3) is 0 Å². The highest BCUT2D eigenvalue weighted by Gasteiger charge is 1.99. The number of aliphatic imine (C=N–C) groups is 1. The Kier molecular flexibility index (Phi) is 3.82. The lowest BCUT2D eigenvalue weighted by Crippen LogP contribution is -2.33. The van der Waals surface area contributed by atoms with Gasteiger partial charge in [-0.1, -0.05) is 0 Å². The number of nitrogens with zero attached hydrogens (tertiary/aromatic N) is 1. The van der Waals surface area contributed by atoms with Crippen LogP contribution in [0.15, 0.2) is 26.2 Å². The molecule has 5 heteroatoms. The standard InChI is InChI=1S/C8H12BrN3O/c1-10-8(11-2)12-5-6-3-4-7(9)13-6/h3-4H,5H2,1-2H3,(H2,10,11,12). The number of hydrogen-bond donors (Lipinski definition) is 2. The molecule has 1 aromatic heterocycles. The Morgan fingerprint density at radius 3 is 2.85 bits per heavy atom. The molecular formula is C8H12BrN3O. The lowest BCUT2D eigenvalue weighted by atomic mass is 10.4. The highest BCUT2D eigenvalue weighted by Crippen LogP contribution is 2.13. The maximum atomic E-state index is 5.29. The van der Waals surface area contributed by atoms with Crippen molar-refractivity contribution in [1.82, 2.24) is 10.6 Å². The minimum absolute atomic E-state index is 0.624. The fraction of sp³-hybridized carbons (Fsp3) is 0.375. The first-order valence-electron chi connectivity index (χ1n) is 3.89. The summed E-state index contributed by atoms with van der Waals surface area (Å²) in [5.74, 6) is 1.61. The summed E-state index contributed by atoms with van der Waals surface area (Å²) in [6.45, 7) is 0.624. The summed E-state index contributed by atoms with van der Waals surface area (Å²) >= 11 is 3.23. The van der Waals surface area contributed by atoms with Crippen LogP contribution in [0, 0.1) is 0 Å². The lowest BCUT2D eigenvalue weighted by molar-refractivity contribution is 0.481. The molecule has 0 saturated carbocycles. The predicted octanol–water partition coefficient (Wildman–Crippen LogP) is 1.34. The molecular weight excluding hydrogens is 234 g/mol. The van der Waals surface area contributed by atoms with E-state index in [1.165, 1.54) is 0 Å². The van der Waals surface area contributed by atoms with Gasteiger partial charge in [-0.25, -0.2) is 0 Å². The number of hydrogen-bond acceptors (Lipinski definition) is 2. The monoisotopic (exact) mass is 245 g/mol. The first kappa shape index (κ1) is 10.1. The molecule has 0 aliphatic heterocycles. The molecule has 0 spiro atoms. The van der Waals surface area contributed by atoms with Gasteiger partial charge in [0.25, 0.3) is 0 Å².